The zero-order chi connectivity index (χ0) is 7.11. The van der Waals surface area contributed by atoms with Crippen LogP contribution in [0.4, 0.5) is 4.79 Å². The Hall–Kier alpha value is -0.810. The average molecular weight is 136 g/mol. The van der Waals surface area contributed by atoms with Gasteiger partial charge in [-0.15, -0.1) is 0 Å². The van der Waals surface area contributed by atoms with Crippen molar-refractivity contribution in [2.45, 2.75) is 0 Å². The standard InChI is InChI=1S/C4H8O5/c1-7-2-3-8-9-4(5)6/h2-3H2,1H3,(H,5,6). The topological polar surface area (TPSA) is 65.0 Å². The summed E-state index contributed by atoms with van der Waals surface area (Å²) < 4.78 is 4.53. The van der Waals surface area contributed by atoms with Gasteiger partial charge in [-0.25, -0.2) is 4.79 Å². The van der Waals surface area contributed by atoms with Crippen LogP contribution in [-0.4, -0.2) is 31.6 Å². The van der Waals surface area contributed by atoms with Gasteiger partial charge in [-0.05, 0) is 0 Å². The molecular formula is C4H8O5. The summed E-state index contributed by atoms with van der Waals surface area (Å²) in [5.41, 5.74) is 0. The second-order valence-electron chi connectivity index (χ2n) is 1.16. The first-order valence-corrected chi connectivity index (χ1v) is 2.28. The van der Waals surface area contributed by atoms with Gasteiger partial charge >= 0.3 is 6.16 Å². The van der Waals surface area contributed by atoms with Crippen LogP contribution in [0, 0.1) is 0 Å². The molecule has 0 saturated carbocycles. The van der Waals surface area contributed by atoms with Gasteiger partial charge in [0.25, 0.3) is 0 Å². The fourth-order valence-electron chi connectivity index (χ4n) is 0.209. The molecule has 0 rings (SSSR count). The van der Waals surface area contributed by atoms with Crippen LogP contribution in [-0.2, 0) is 14.5 Å². The predicted molar refractivity (Wildman–Crippen MR) is 26.9 cm³/mol. The molecule has 0 aliphatic carbocycles. The molecule has 0 unspecified atom stereocenters. The minimum Gasteiger partial charge on any atom is -0.448 e. The van der Waals surface area contributed by atoms with E-state index in [4.69, 9.17) is 5.11 Å². The number of methoxy groups -OCH3 is 1. The van der Waals surface area contributed by atoms with Crippen LogP contribution < -0.4 is 0 Å². The second-order valence-corrected chi connectivity index (χ2v) is 1.16. The van der Waals surface area contributed by atoms with E-state index in [0.717, 1.165) is 0 Å². The fourth-order valence-corrected chi connectivity index (χ4v) is 0.209. The molecule has 5 heteroatoms. The molecule has 0 atom stereocenters. The Morgan fingerprint density at radius 3 is 2.67 bits per heavy atom. The Morgan fingerprint density at radius 1 is 1.56 bits per heavy atom. The number of hydrogen-bond acceptors (Lipinski definition) is 4. The average Bonchev–Trinajstić information content (AvgIpc) is 1.80. The van der Waals surface area contributed by atoms with Crippen molar-refractivity contribution in [1.29, 1.82) is 0 Å². The largest absolute Gasteiger partial charge is 0.537 e. The van der Waals surface area contributed by atoms with Crippen molar-refractivity contribution in [3.63, 3.8) is 0 Å². The van der Waals surface area contributed by atoms with Gasteiger partial charge in [-0.1, -0.05) is 0 Å². The van der Waals surface area contributed by atoms with Crippen molar-refractivity contribution in [3.05, 3.63) is 0 Å². The van der Waals surface area contributed by atoms with Gasteiger partial charge < -0.3 is 9.84 Å². The van der Waals surface area contributed by atoms with E-state index in [1.807, 2.05) is 0 Å². The number of rotatable bonds is 4. The molecule has 0 aliphatic heterocycles. The molecular weight excluding hydrogens is 128 g/mol. The summed E-state index contributed by atoms with van der Waals surface area (Å²) in [6.07, 6.45) is -1.45. The maximum Gasteiger partial charge on any atom is 0.537 e. The molecule has 0 radical (unpaired) electrons. The third kappa shape index (κ3) is 7.19. The normalized spacial score (nSPS) is 9.00. The van der Waals surface area contributed by atoms with Gasteiger partial charge in [0, 0.05) is 7.11 Å². The minimum atomic E-state index is -1.45. The zero-order valence-electron chi connectivity index (χ0n) is 4.99. The van der Waals surface area contributed by atoms with Crippen molar-refractivity contribution in [2.75, 3.05) is 20.3 Å². The van der Waals surface area contributed by atoms with Crippen LogP contribution in [0.3, 0.4) is 0 Å². The van der Waals surface area contributed by atoms with Crippen molar-refractivity contribution in [2.24, 2.45) is 0 Å². The third-order valence-corrected chi connectivity index (χ3v) is 0.501. The lowest BCUT2D eigenvalue weighted by Gasteiger charge is -1.96. The smallest absolute Gasteiger partial charge is 0.448 e. The Bertz CT molecular complexity index is 81.0. The van der Waals surface area contributed by atoms with Gasteiger partial charge in [0.2, 0.25) is 0 Å². The monoisotopic (exact) mass is 136 g/mol. The lowest BCUT2D eigenvalue weighted by molar-refractivity contribution is -0.255. The van der Waals surface area contributed by atoms with E-state index in [1.54, 1.807) is 0 Å². The number of ether oxygens (including phenoxy) is 1. The molecule has 5 nitrogen and oxygen atoms in total. The SMILES string of the molecule is COCCOOC(=O)O. The Morgan fingerprint density at radius 2 is 2.22 bits per heavy atom. The molecule has 1 N–H and O–H groups in total. The first-order chi connectivity index (χ1) is 4.27. The van der Waals surface area contributed by atoms with E-state index in [-0.39, 0.29) is 6.61 Å². The summed E-state index contributed by atoms with van der Waals surface area (Å²) in [7, 11) is 1.48. The van der Waals surface area contributed by atoms with Crippen molar-refractivity contribution < 1.29 is 24.4 Å². The van der Waals surface area contributed by atoms with E-state index in [1.165, 1.54) is 7.11 Å². The van der Waals surface area contributed by atoms with Crippen LogP contribution in [0.2, 0.25) is 0 Å². The van der Waals surface area contributed by atoms with Gasteiger partial charge in [0.05, 0.1) is 6.61 Å². The molecule has 54 valence electrons. The third-order valence-electron chi connectivity index (χ3n) is 0.501. The van der Waals surface area contributed by atoms with Crippen LogP contribution >= 0.6 is 0 Å². The highest BCUT2D eigenvalue weighted by molar-refractivity contribution is 5.55. The maximum atomic E-state index is 9.57. The van der Waals surface area contributed by atoms with Gasteiger partial charge in [-0.3, -0.25) is 4.89 Å². The van der Waals surface area contributed by atoms with E-state index in [0.29, 0.717) is 6.61 Å². The van der Waals surface area contributed by atoms with Crippen molar-refractivity contribution >= 4 is 6.16 Å². The molecule has 0 spiro atoms. The number of hydrogen-bond donors (Lipinski definition) is 1. The Labute approximate surface area is 52.1 Å². The predicted octanol–water partition coefficient (Wildman–Crippen LogP) is 0.259. The molecule has 0 aromatic heterocycles. The zero-order valence-corrected chi connectivity index (χ0v) is 4.99. The summed E-state index contributed by atoms with van der Waals surface area (Å²) in [5, 5.41) is 7.82. The highest BCUT2D eigenvalue weighted by Crippen LogP contribution is 1.78. The summed E-state index contributed by atoms with van der Waals surface area (Å²) in [4.78, 5) is 17.4. The Kier molecular flexibility index (Phi) is 4.85. The number of carboxylic acid groups (broad SMARTS) is 1. The first-order valence-electron chi connectivity index (χ1n) is 2.28. The van der Waals surface area contributed by atoms with Gasteiger partial charge in [0.1, 0.15) is 6.61 Å². The quantitative estimate of drug-likeness (QED) is 0.341. The van der Waals surface area contributed by atoms with Crippen LogP contribution in [0.5, 0.6) is 0 Å². The fraction of sp³-hybridized carbons (Fsp3) is 0.750. The molecule has 0 amide bonds. The van der Waals surface area contributed by atoms with Crippen LogP contribution in [0.1, 0.15) is 0 Å². The molecule has 0 heterocycles. The van der Waals surface area contributed by atoms with E-state index in [9.17, 15) is 4.79 Å². The van der Waals surface area contributed by atoms with E-state index >= 15 is 0 Å². The molecule has 0 aromatic rings. The molecule has 9 heavy (non-hydrogen) atoms. The maximum absolute atomic E-state index is 9.57. The highest BCUT2D eigenvalue weighted by Gasteiger charge is 1.94. The van der Waals surface area contributed by atoms with Crippen molar-refractivity contribution in [1.82, 2.24) is 0 Å². The van der Waals surface area contributed by atoms with Gasteiger partial charge in [0.15, 0.2) is 0 Å². The lowest BCUT2D eigenvalue weighted by atomic mass is 10.8. The first kappa shape index (κ1) is 8.19. The Balaban J connectivity index is 2.83. The van der Waals surface area contributed by atoms with Crippen molar-refractivity contribution in [3.8, 4) is 0 Å². The van der Waals surface area contributed by atoms with Gasteiger partial charge in [-0.2, -0.15) is 4.89 Å². The van der Waals surface area contributed by atoms with Crippen LogP contribution in [0.15, 0.2) is 0 Å². The van der Waals surface area contributed by atoms with E-state index in [2.05, 4.69) is 14.5 Å². The molecule has 0 aliphatic rings. The van der Waals surface area contributed by atoms with E-state index < -0.39 is 6.16 Å². The minimum absolute atomic E-state index is 0.114. The molecule has 0 bridgehead atoms. The summed E-state index contributed by atoms with van der Waals surface area (Å²) in [5.74, 6) is 0. The highest BCUT2D eigenvalue weighted by atomic mass is 17.2. The lowest BCUT2D eigenvalue weighted by Crippen LogP contribution is -2.06. The molecule has 0 fully saturated rings. The molecule has 0 aromatic carbocycles. The molecule has 0 saturated heterocycles. The summed E-state index contributed by atoms with van der Waals surface area (Å²) >= 11 is 0. The summed E-state index contributed by atoms with van der Waals surface area (Å²) in [6.45, 7) is 0.427. The van der Waals surface area contributed by atoms with Crippen LogP contribution in [0.25, 0.3) is 0 Å². The number of carbonyl (C=O) groups is 1. The summed E-state index contributed by atoms with van der Waals surface area (Å²) in [6, 6.07) is 0. The second kappa shape index (κ2) is 5.33.